The largest absolute Gasteiger partial charge is 0.315 e. The van der Waals surface area contributed by atoms with Gasteiger partial charge in [-0.3, -0.25) is 0 Å². The first-order chi connectivity index (χ1) is 15.0. The van der Waals surface area contributed by atoms with Crippen molar-refractivity contribution in [2.24, 2.45) is 5.92 Å². The minimum absolute atomic E-state index is 0.140. The van der Waals surface area contributed by atoms with E-state index < -0.39 is 10.0 Å². The fraction of sp³-hybridized carbons (Fsp3) is 0.630. The van der Waals surface area contributed by atoms with Gasteiger partial charge in [0.15, 0.2) is 0 Å². The van der Waals surface area contributed by atoms with Crippen molar-refractivity contribution in [2.45, 2.75) is 90.4 Å². The topological polar surface area (TPSA) is 58.2 Å². The molecule has 0 saturated heterocycles. The SMILES string of the molecule is CC(CCNCCNS(=O)(=O)c1c(C(C)C)cc(C(C)C)cc1C(C)C)C1=CCC=CC1. The Kier molecular flexibility index (Phi) is 10.2. The molecule has 1 aliphatic rings. The summed E-state index contributed by atoms with van der Waals surface area (Å²) in [5, 5.41) is 3.41. The Balaban J connectivity index is 2.01. The summed E-state index contributed by atoms with van der Waals surface area (Å²) in [6.45, 7) is 16.8. The predicted molar refractivity (Wildman–Crippen MR) is 137 cm³/mol. The number of benzene rings is 1. The molecule has 1 aliphatic carbocycles. The number of allylic oxidation sites excluding steroid dienone is 4. The highest BCUT2D eigenvalue weighted by molar-refractivity contribution is 7.89. The lowest BCUT2D eigenvalue weighted by molar-refractivity contribution is 0.540. The molecule has 0 radical (unpaired) electrons. The van der Waals surface area contributed by atoms with Crippen molar-refractivity contribution in [2.75, 3.05) is 19.6 Å². The van der Waals surface area contributed by atoms with Crippen LogP contribution in [0.1, 0.15) is 102 Å². The van der Waals surface area contributed by atoms with Crippen LogP contribution in [0.3, 0.4) is 0 Å². The lowest BCUT2D eigenvalue weighted by Gasteiger charge is -2.23. The minimum Gasteiger partial charge on any atom is -0.315 e. The van der Waals surface area contributed by atoms with E-state index in [9.17, 15) is 8.42 Å². The summed E-state index contributed by atoms with van der Waals surface area (Å²) in [5.74, 6) is 1.20. The van der Waals surface area contributed by atoms with Crippen LogP contribution in [0.25, 0.3) is 0 Å². The first kappa shape index (κ1) is 26.8. The maximum atomic E-state index is 13.4. The third-order valence-electron chi connectivity index (χ3n) is 6.37. The molecule has 2 rings (SSSR count). The first-order valence-corrected chi connectivity index (χ1v) is 13.7. The van der Waals surface area contributed by atoms with E-state index in [1.807, 2.05) is 0 Å². The van der Waals surface area contributed by atoms with Crippen LogP contribution in [-0.2, 0) is 10.0 Å². The van der Waals surface area contributed by atoms with Crippen molar-refractivity contribution in [3.8, 4) is 0 Å². The van der Waals surface area contributed by atoms with Gasteiger partial charge in [-0.2, -0.15) is 0 Å². The zero-order valence-electron chi connectivity index (χ0n) is 21.2. The van der Waals surface area contributed by atoms with Crippen molar-refractivity contribution >= 4 is 10.0 Å². The van der Waals surface area contributed by atoms with Crippen molar-refractivity contribution in [3.63, 3.8) is 0 Å². The van der Waals surface area contributed by atoms with Gasteiger partial charge in [-0.1, -0.05) is 84.4 Å². The van der Waals surface area contributed by atoms with Gasteiger partial charge in [0.05, 0.1) is 4.90 Å². The fourth-order valence-corrected chi connectivity index (χ4v) is 5.92. The van der Waals surface area contributed by atoms with Crippen LogP contribution in [0.15, 0.2) is 40.8 Å². The molecule has 0 bridgehead atoms. The van der Waals surface area contributed by atoms with Gasteiger partial charge >= 0.3 is 0 Å². The van der Waals surface area contributed by atoms with Gasteiger partial charge < -0.3 is 5.32 Å². The predicted octanol–water partition coefficient (Wildman–Crippen LogP) is 6.23. The zero-order chi connectivity index (χ0) is 23.9. The van der Waals surface area contributed by atoms with E-state index in [1.165, 1.54) is 11.1 Å². The van der Waals surface area contributed by atoms with Gasteiger partial charge in [0.25, 0.3) is 0 Å². The van der Waals surface area contributed by atoms with Gasteiger partial charge in [-0.25, -0.2) is 13.1 Å². The molecule has 0 amide bonds. The number of nitrogens with one attached hydrogen (secondary N) is 2. The Morgan fingerprint density at radius 2 is 1.47 bits per heavy atom. The second-order valence-corrected chi connectivity index (χ2v) is 11.7. The summed E-state index contributed by atoms with van der Waals surface area (Å²) in [7, 11) is -3.58. The molecule has 1 atom stereocenters. The average Bonchev–Trinajstić information content (AvgIpc) is 2.75. The third kappa shape index (κ3) is 7.29. The highest BCUT2D eigenvalue weighted by atomic mass is 32.2. The molecule has 0 aromatic heterocycles. The maximum Gasteiger partial charge on any atom is 0.241 e. The lowest BCUT2D eigenvalue weighted by atomic mass is 9.89. The lowest BCUT2D eigenvalue weighted by Crippen LogP contribution is -2.34. The van der Waals surface area contributed by atoms with E-state index in [2.05, 4.69) is 88.9 Å². The van der Waals surface area contributed by atoms with E-state index >= 15 is 0 Å². The zero-order valence-corrected chi connectivity index (χ0v) is 22.0. The number of hydrogen-bond acceptors (Lipinski definition) is 3. The van der Waals surface area contributed by atoms with Gasteiger partial charge in [0, 0.05) is 13.1 Å². The summed E-state index contributed by atoms with van der Waals surface area (Å²) in [4.78, 5) is 0.484. The molecule has 0 aliphatic heterocycles. The molecular formula is C27H44N2O2S. The van der Waals surface area contributed by atoms with E-state index in [1.54, 1.807) is 0 Å². The highest BCUT2D eigenvalue weighted by Gasteiger charge is 2.26. The van der Waals surface area contributed by atoms with Crippen LogP contribution in [0.4, 0.5) is 0 Å². The van der Waals surface area contributed by atoms with E-state index in [0.29, 0.717) is 29.8 Å². The molecule has 1 aromatic rings. The van der Waals surface area contributed by atoms with E-state index in [0.717, 1.165) is 36.9 Å². The van der Waals surface area contributed by atoms with Crippen molar-refractivity contribution < 1.29 is 8.42 Å². The number of rotatable bonds is 12. The molecule has 0 spiro atoms. The Hall–Kier alpha value is -1.43. The molecule has 180 valence electrons. The summed E-state index contributed by atoms with van der Waals surface area (Å²) in [6, 6.07) is 4.18. The fourth-order valence-electron chi connectivity index (χ4n) is 4.20. The van der Waals surface area contributed by atoms with Crippen molar-refractivity contribution in [1.82, 2.24) is 10.0 Å². The minimum atomic E-state index is -3.58. The van der Waals surface area contributed by atoms with Gasteiger partial charge in [0.2, 0.25) is 10.0 Å². The Bertz CT molecular complexity index is 883. The molecule has 2 N–H and O–H groups in total. The van der Waals surface area contributed by atoms with Gasteiger partial charge in [0.1, 0.15) is 0 Å². The van der Waals surface area contributed by atoms with Crippen LogP contribution in [0.5, 0.6) is 0 Å². The quantitative estimate of drug-likeness (QED) is 0.287. The molecule has 1 aromatic carbocycles. The normalized spacial score (nSPS) is 15.6. The highest BCUT2D eigenvalue weighted by Crippen LogP contribution is 2.35. The summed E-state index contributed by atoms with van der Waals surface area (Å²) >= 11 is 0. The molecular weight excluding hydrogens is 416 g/mol. The molecule has 4 nitrogen and oxygen atoms in total. The van der Waals surface area contributed by atoms with Gasteiger partial charge in [-0.05, 0) is 66.2 Å². The molecule has 0 saturated carbocycles. The second-order valence-electron chi connectivity index (χ2n) is 10.0. The molecule has 32 heavy (non-hydrogen) atoms. The van der Waals surface area contributed by atoms with Crippen molar-refractivity contribution in [1.29, 1.82) is 0 Å². The molecule has 0 heterocycles. The summed E-state index contributed by atoms with van der Waals surface area (Å²) in [5.41, 5.74) is 4.56. The van der Waals surface area contributed by atoms with Crippen LogP contribution >= 0.6 is 0 Å². The summed E-state index contributed by atoms with van der Waals surface area (Å²) in [6.07, 6.45) is 9.97. The van der Waals surface area contributed by atoms with E-state index in [4.69, 9.17) is 0 Å². The Morgan fingerprint density at radius 3 is 1.97 bits per heavy atom. The van der Waals surface area contributed by atoms with Crippen LogP contribution in [0, 0.1) is 5.92 Å². The summed E-state index contributed by atoms with van der Waals surface area (Å²) < 4.78 is 29.6. The van der Waals surface area contributed by atoms with Crippen LogP contribution < -0.4 is 10.0 Å². The first-order valence-electron chi connectivity index (χ1n) is 12.3. The smallest absolute Gasteiger partial charge is 0.241 e. The Morgan fingerprint density at radius 1 is 0.844 bits per heavy atom. The molecule has 5 heteroatoms. The Labute approximate surface area is 197 Å². The van der Waals surface area contributed by atoms with Crippen LogP contribution in [-0.4, -0.2) is 28.1 Å². The van der Waals surface area contributed by atoms with E-state index in [-0.39, 0.29) is 11.8 Å². The monoisotopic (exact) mass is 460 g/mol. The second kappa shape index (κ2) is 12.2. The van der Waals surface area contributed by atoms with Gasteiger partial charge in [-0.15, -0.1) is 0 Å². The molecule has 1 unspecified atom stereocenters. The maximum absolute atomic E-state index is 13.4. The number of sulfonamides is 1. The molecule has 0 fully saturated rings. The number of hydrogen-bond donors (Lipinski definition) is 2. The standard InChI is InChI=1S/C27H44N2O2S/c1-19(2)24-17-25(20(3)4)27(26(18-24)21(5)6)32(30,31)29-16-15-28-14-13-22(7)23-11-9-8-10-12-23/h8-9,12,17-22,28-29H,10-11,13-16H2,1-7H3. The van der Waals surface area contributed by atoms with Crippen LogP contribution in [0.2, 0.25) is 0 Å². The van der Waals surface area contributed by atoms with Crippen molar-refractivity contribution in [3.05, 3.63) is 52.6 Å². The third-order valence-corrected chi connectivity index (χ3v) is 7.96. The average molecular weight is 461 g/mol.